The van der Waals surface area contributed by atoms with Gasteiger partial charge in [-0.2, -0.15) is 0 Å². The summed E-state index contributed by atoms with van der Waals surface area (Å²) in [6, 6.07) is 6.70. The largest absolute Gasteiger partial charge is 0.468 e. The summed E-state index contributed by atoms with van der Waals surface area (Å²) in [5.41, 5.74) is 0.539. The van der Waals surface area contributed by atoms with Crippen molar-refractivity contribution in [3.8, 4) is 0 Å². The van der Waals surface area contributed by atoms with Crippen molar-refractivity contribution in [1.82, 2.24) is 0 Å². The number of hydrogen-bond donors (Lipinski definition) is 0. The average molecular weight is 285 g/mol. The molecule has 0 heterocycles. The zero-order valence-electron chi connectivity index (χ0n) is 11.4. The van der Waals surface area contributed by atoms with E-state index in [-0.39, 0.29) is 17.2 Å². The Morgan fingerprint density at radius 3 is 2.42 bits per heavy atom. The minimum absolute atomic E-state index is 0.0276. The van der Waals surface area contributed by atoms with Crippen LogP contribution in [0.15, 0.2) is 29.2 Å². The van der Waals surface area contributed by atoms with E-state index in [4.69, 9.17) is 0 Å². The van der Waals surface area contributed by atoms with Gasteiger partial charge in [0.1, 0.15) is 6.54 Å². The molecule has 5 nitrogen and oxygen atoms in total. The number of para-hydroxylation sites is 1. The van der Waals surface area contributed by atoms with E-state index in [2.05, 4.69) is 4.74 Å². The molecular formula is C13H19NO4S. The van der Waals surface area contributed by atoms with E-state index < -0.39 is 15.8 Å². The number of benzene rings is 1. The van der Waals surface area contributed by atoms with Crippen molar-refractivity contribution < 1.29 is 17.9 Å². The molecule has 0 aromatic heterocycles. The summed E-state index contributed by atoms with van der Waals surface area (Å²) in [6.45, 7) is 4.01. The first-order chi connectivity index (χ1) is 8.96. The number of anilines is 1. The summed E-state index contributed by atoms with van der Waals surface area (Å²) in [5, 5.41) is 0. The molecule has 0 saturated heterocycles. The number of hydrogen-bond acceptors (Lipinski definition) is 5. The fourth-order valence-corrected chi connectivity index (χ4v) is 2.84. The topological polar surface area (TPSA) is 63.7 Å². The summed E-state index contributed by atoms with van der Waals surface area (Å²) < 4.78 is 28.7. The fraction of sp³-hybridized carbons (Fsp3) is 0.462. The quantitative estimate of drug-likeness (QED) is 0.741. The number of carbonyl (C=O) groups excluding carboxylic acids is 1. The predicted octanol–water partition coefficient (Wildman–Crippen LogP) is 1.48. The molecule has 1 rings (SSSR count). The summed E-state index contributed by atoms with van der Waals surface area (Å²) in [5.74, 6) is -0.370. The zero-order valence-corrected chi connectivity index (χ0v) is 12.2. The van der Waals surface area contributed by atoms with Crippen molar-refractivity contribution in [2.45, 2.75) is 18.7 Å². The molecule has 6 heteroatoms. The Labute approximate surface area is 114 Å². The van der Waals surface area contributed by atoms with E-state index in [1.807, 2.05) is 6.92 Å². The number of likely N-dealkylation sites (N-methyl/N-ethyl adjacent to an activating group) is 1. The lowest BCUT2D eigenvalue weighted by Crippen LogP contribution is -2.31. The maximum Gasteiger partial charge on any atom is 0.325 e. The molecule has 0 unspecified atom stereocenters. The summed E-state index contributed by atoms with van der Waals surface area (Å²) in [7, 11) is -2.01. The Bertz CT molecular complexity index is 539. The third-order valence-corrected chi connectivity index (χ3v) is 4.63. The lowest BCUT2D eigenvalue weighted by atomic mass is 10.3. The number of esters is 1. The summed E-state index contributed by atoms with van der Waals surface area (Å²) >= 11 is 0. The Morgan fingerprint density at radius 2 is 1.89 bits per heavy atom. The fourth-order valence-electron chi connectivity index (χ4n) is 1.72. The smallest absolute Gasteiger partial charge is 0.325 e. The van der Waals surface area contributed by atoms with E-state index in [0.717, 1.165) is 0 Å². The van der Waals surface area contributed by atoms with Gasteiger partial charge in [0.25, 0.3) is 0 Å². The Kier molecular flexibility index (Phi) is 5.35. The van der Waals surface area contributed by atoms with Crippen LogP contribution in [0.5, 0.6) is 0 Å². The van der Waals surface area contributed by atoms with Crippen LogP contribution in [0.3, 0.4) is 0 Å². The monoisotopic (exact) mass is 285 g/mol. The summed E-state index contributed by atoms with van der Waals surface area (Å²) in [4.78, 5) is 13.3. The molecule has 0 aliphatic rings. The number of sulfone groups is 1. The number of methoxy groups -OCH3 is 1. The highest BCUT2D eigenvalue weighted by atomic mass is 32.2. The third-order valence-electron chi connectivity index (χ3n) is 2.85. The van der Waals surface area contributed by atoms with Gasteiger partial charge < -0.3 is 9.64 Å². The van der Waals surface area contributed by atoms with Crippen LogP contribution in [0, 0.1) is 0 Å². The molecule has 106 valence electrons. The molecule has 0 N–H and O–H groups in total. The van der Waals surface area contributed by atoms with Gasteiger partial charge in [-0.25, -0.2) is 8.42 Å². The lowest BCUT2D eigenvalue weighted by Gasteiger charge is -2.24. The molecule has 0 saturated carbocycles. The van der Waals surface area contributed by atoms with Gasteiger partial charge in [-0.3, -0.25) is 4.79 Å². The minimum atomic E-state index is -3.32. The zero-order chi connectivity index (χ0) is 14.5. The maximum absolute atomic E-state index is 12.1. The first-order valence-electron chi connectivity index (χ1n) is 6.09. The number of rotatable bonds is 6. The van der Waals surface area contributed by atoms with Crippen molar-refractivity contribution >= 4 is 21.5 Å². The molecule has 0 fully saturated rings. The van der Waals surface area contributed by atoms with Gasteiger partial charge in [-0.05, 0) is 19.1 Å². The van der Waals surface area contributed by atoms with Crippen LogP contribution in [0.2, 0.25) is 0 Å². The van der Waals surface area contributed by atoms with Crippen LogP contribution in [0.1, 0.15) is 13.8 Å². The average Bonchev–Trinajstić information content (AvgIpc) is 2.44. The lowest BCUT2D eigenvalue weighted by molar-refractivity contribution is -0.138. The van der Waals surface area contributed by atoms with Gasteiger partial charge >= 0.3 is 5.97 Å². The van der Waals surface area contributed by atoms with E-state index in [1.165, 1.54) is 7.11 Å². The van der Waals surface area contributed by atoms with Crippen LogP contribution in [-0.4, -0.2) is 40.3 Å². The summed E-state index contributed by atoms with van der Waals surface area (Å²) in [6.07, 6.45) is 0. The number of carbonyl (C=O) groups is 1. The molecule has 0 aliphatic heterocycles. The highest BCUT2D eigenvalue weighted by Gasteiger charge is 2.20. The van der Waals surface area contributed by atoms with Gasteiger partial charge in [0.2, 0.25) is 0 Å². The maximum atomic E-state index is 12.1. The molecular weight excluding hydrogens is 266 g/mol. The second kappa shape index (κ2) is 6.56. The Morgan fingerprint density at radius 1 is 1.26 bits per heavy atom. The second-order valence-corrected chi connectivity index (χ2v) is 6.21. The first-order valence-corrected chi connectivity index (χ1v) is 7.75. The molecule has 0 spiro atoms. The van der Waals surface area contributed by atoms with Crippen molar-refractivity contribution in [3.05, 3.63) is 24.3 Å². The standard InChI is InChI=1S/C13H19NO4S/c1-4-14(10-13(15)18-3)11-8-6-7-9-12(11)19(16,17)5-2/h6-9H,4-5,10H2,1-3H3. The second-order valence-electron chi connectivity index (χ2n) is 3.96. The minimum Gasteiger partial charge on any atom is -0.468 e. The van der Waals surface area contributed by atoms with Crippen molar-refractivity contribution in [2.24, 2.45) is 0 Å². The van der Waals surface area contributed by atoms with Gasteiger partial charge in [-0.1, -0.05) is 19.1 Å². The molecule has 0 radical (unpaired) electrons. The van der Waals surface area contributed by atoms with Gasteiger partial charge in [0, 0.05) is 6.54 Å². The highest BCUT2D eigenvalue weighted by molar-refractivity contribution is 7.91. The molecule has 0 amide bonds. The molecule has 19 heavy (non-hydrogen) atoms. The van der Waals surface area contributed by atoms with Gasteiger partial charge in [0.05, 0.1) is 23.4 Å². The Balaban J connectivity index is 3.22. The van der Waals surface area contributed by atoms with E-state index in [0.29, 0.717) is 12.2 Å². The number of nitrogens with zero attached hydrogens (tertiary/aromatic N) is 1. The van der Waals surface area contributed by atoms with E-state index in [1.54, 1.807) is 36.1 Å². The van der Waals surface area contributed by atoms with Crippen LogP contribution in [0.25, 0.3) is 0 Å². The predicted molar refractivity (Wildman–Crippen MR) is 74.1 cm³/mol. The van der Waals surface area contributed by atoms with Crippen LogP contribution < -0.4 is 4.90 Å². The van der Waals surface area contributed by atoms with Crippen LogP contribution in [0.4, 0.5) is 5.69 Å². The SMILES string of the molecule is CCN(CC(=O)OC)c1ccccc1S(=O)(=O)CC. The Hall–Kier alpha value is -1.56. The van der Waals surface area contributed by atoms with Crippen molar-refractivity contribution in [1.29, 1.82) is 0 Å². The number of ether oxygens (including phenoxy) is 1. The van der Waals surface area contributed by atoms with E-state index in [9.17, 15) is 13.2 Å². The molecule has 0 bridgehead atoms. The van der Waals surface area contributed by atoms with Crippen LogP contribution in [-0.2, 0) is 19.4 Å². The highest BCUT2D eigenvalue weighted by Crippen LogP contribution is 2.25. The van der Waals surface area contributed by atoms with Crippen molar-refractivity contribution in [2.75, 3.05) is 30.9 Å². The molecule has 0 aliphatic carbocycles. The first kappa shape index (κ1) is 15.5. The van der Waals surface area contributed by atoms with Gasteiger partial charge in [0.15, 0.2) is 9.84 Å². The molecule has 1 aromatic rings. The van der Waals surface area contributed by atoms with Gasteiger partial charge in [-0.15, -0.1) is 0 Å². The van der Waals surface area contributed by atoms with E-state index >= 15 is 0 Å². The third kappa shape index (κ3) is 3.70. The molecule has 1 aromatic carbocycles. The molecule has 0 atom stereocenters. The van der Waals surface area contributed by atoms with Crippen LogP contribution >= 0.6 is 0 Å². The van der Waals surface area contributed by atoms with Crippen molar-refractivity contribution in [3.63, 3.8) is 0 Å². The normalized spacial score (nSPS) is 11.1.